The number of hydrogen-bond acceptors (Lipinski definition) is 3. The maximum absolute atomic E-state index is 12.2. The maximum atomic E-state index is 12.2. The van der Waals surface area contributed by atoms with Crippen LogP contribution < -0.4 is 0 Å². The molecule has 3 nitrogen and oxygen atoms in total. The minimum atomic E-state index is 0.0842. The van der Waals surface area contributed by atoms with Crippen LogP contribution in [0.5, 0.6) is 0 Å². The van der Waals surface area contributed by atoms with Crippen molar-refractivity contribution in [3.63, 3.8) is 0 Å². The van der Waals surface area contributed by atoms with Crippen LogP contribution in [0.2, 0.25) is 5.02 Å². The minimum absolute atomic E-state index is 0.0842. The fourth-order valence-corrected chi connectivity index (χ4v) is 2.47. The standard InChI is InChI=1S/C14H18ClNO2/c1-2-11-10-18-8-7-16(11)9-14(17)12-5-3-4-6-13(12)15/h3-6,11H,2,7-10H2,1H3. The first kappa shape index (κ1) is 13.5. The van der Waals surface area contributed by atoms with E-state index in [1.807, 2.05) is 12.1 Å². The summed E-state index contributed by atoms with van der Waals surface area (Å²) in [5, 5.41) is 0.531. The molecule has 18 heavy (non-hydrogen) atoms. The molecule has 0 aromatic heterocycles. The number of ketones is 1. The largest absolute Gasteiger partial charge is 0.378 e. The van der Waals surface area contributed by atoms with Crippen LogP contribution in [0.3, 0.4) is 0 Å². The first-order chi connectivity index (χ1) is 8.72. The first-order valence-electron chi connectivity index (χ1n) is 6.32. The van der Waals surface area contributed by atoms with Gasteiger partial charge in [0.15, 0.2) is 5.78 Å². The number of benzene rings is 1. The lowest BCUT2D eigenvalue weighted by Gasteiger charge is -2.34. The van der Waals surface area contributed by atoms with E-state index in [0.29, 0.717) is 36.4 Å². The summed E-state index contributed by atoms with van der Waals surface area (Å²) in [4.78, 5) is 14.4. The molecule has 0 bridgehead atoms. The van der Waals surface area contributed by atoms with Crippen molar-refractivity contribution in [2.75, 3.05) is 26.3 Å². The lowest BCUT2D eigenvalue weighted by molar-refractivity contribution is -0.00585. The Balaban J connectivity index is 2.04. The van der Waals surface area contributed by atoms with Crippen molar-refractivity contribution in [3.8, 4) is 0 Å². The summed E-state index contributed by atoms with van der Waals surface area (Å²) in [6.07, 6.45) is 0.996. The third-order valence-electron chi connectivity index (χ3n) is 3.34. The number of hydrogen-bond donors (Lipinski definition) is 0. The van der Waals surface area contributed by atoms with Crippen LogP contribution in [0.15, 0.2) is 24.3 Å². The molecule has 0 radical (unpaired) electrons. The molecule has 2 rings (SSSR count). The number of morpholine rings is 1. The molecule has 0 saturated carbocycles. The predicted octanol–water partition coefficient (Wildman–Crippen LogP) is 2.63. The van der Waals surface area contributed by atoms with Gasteiger partial charge in [-0.05, 0) is 18.6 Å². The molecule has 0 spiro atoms. The highest BCUT2D eigenvalue weighted by atomic mass is 35.5. The van der Waals surface area contributed by atoms with Gasteiger partial charge in [-0.3, -0.25) is 9.69 Å². The highest BCUT2D eigenvalue weighted by Gasteiger charge is 2.24. The summed E-state index contributed by atoms with van der Waals surface area (Å²) in [5.41, 5.74) is 0.612. The number of nitrogens with zero attached hydrogens (tertiary/aromatic N) is 1. The van der Waals surface area contributed by atoms with E-state index in [1.54, 1.807) is 12.1 Å². The van der Waals surface area contributed by atoms with Crippen LogP contribution in [0.4, 0.5) is 0 Å². The van der Waals surface area contributed by atoms with Crippen molar-refractivity contribution >= 4 is 17.4 Å². The highest BCUT2D eigenvalue weighted by molar-refractivity contribution is 6.34. The summed E-state index contributed by atoms with van der Waals surface area (Å²) in [7, 11) is 0. The van der Waals surface area contributed by atoms with Crippen molar-refractivity contribution in [2.24, 2.45) is 0 Å². The smallest absolute Gasteiger partial charge is 0.178 e. The molecule has 4 heteroatoms. The van der Waals surface area contributed by atoms with E-state index < -0.39 is 0 Å². The van der Waals surface area contributed by atoms with Crippen LogP contribution in [-0.2, 0) is 4.74 Å². The molecule has 1 aliphatic heterocycles. The zero-order valence-electron chi connectivity index (χ0n) is 10.6. The summed E-state index contributed by atoms with van der Waals surface area (Å²) < 4.78 is 5.44. The average molecular weight is 268 g/mol. The van der Waals surface area contributed by atoms with E-state index in [1.165, 1.54) is 0 Å². The third kappa shape index (κ3) is 3.10. The molecule has 1 aromatic rings. The van der Waals surface area contributed by atoms with Crippen molar-refractivity contribution in [1.82, 2.24) is 4.90 Å². The molecule has 98 valence electrons. The minimum Gasteiger partial charge on any atom is -0.378 e. The summed E-state index contributed by atoms with van der Waals surface area (Å²) in [5.74, 6) is 0.0842. The summed E-state index contributed by atoms with van der Waals surface area (Å²) >= 11 is 6.04. The van der Waals surface area contributed by atoms with Gasteiger partial charge in [-0.15, -0.1) is 0 Å². The number of carbonyl (C=O) groups is 1. The zero-order valence-corrected chi connectivity index (χ0v) is 11.3. The number of carbonyl (C=O) groups excluding carboxylic acids is 1. The molecule has 0 amide bonds. The Kier molecular flexibility index (Phi) is 4.75. The van der Waals surface area contributed by atoms with E-state index in [0.717, 1.165) is 13.0 Å². The van der Waals surface area contributed by atoms with Gasteiger partial charge >= 0.3 is 0 Å². The molecule has 1 aliphatic rings. The Morgan fingerprint density at radius 3 is 3.00 bits per heavy atom. The Labute approximate surface area is 113 Å². The SMILES string of the molecule is CCC1COCCN1CC(=O)c1ccccc1Cl. The molecule has 1 heterocycles. The number of Topliss-reactive ketones (excluding diaryl/α,β-unsaturated/α-hetero) is 1. The number of ether oxygens (including phenoxy) is 1. The molecular weight excluding hydrogens is 250 g/mol. The van der Waals surface area contributed by atoms with Crippen molar-refractivity contribution in [3.05, 3.63) is 34.9 Å². The molecule has 1 saturated heterocycles. The van der Waals surface area contributed by atoms with Crippen LogP contribution in [0, 0.1) is 0 Å². The van der Waals surface area contributed by atoms with Crippen LogP contribution >= 0.6 is 11.6 Å². The molecule has 1 unspecified atom stereocenters. The highest BCUT2D eigenvalue weighted by Crippen LogP contribution is 2.17. The first-order valence-corrected chi connectivity index (χ1v) is 6.69. The lowest BCUT2D eigenvalue weighted by Crippen LogP contribution is -2.47. The van der Waals surface area contributed by atoms with Gasteiger partial charge < -0.3 is 4.74 Å². The third-order valence-corrected chi connectivity index (χ3v) is 3.67. The topological polar surface area (TPSA) is 29.5 Å². The Bertz CT molecular complexity index is 422. The van der Waals surface area contributed by atoms with Crippen molar-refractivity contribution in [2.45, 2.75) is 19.4 Å². The van der Waals surface area contributed by atoms with E-state index >= 15 is 0 Å². The normalized spacial score (nSPS) is 20.9. The monoisotopic (exact) mass is 267 g/mol. The van der Waals surface area contributed by atoms with E-state index in [4.69, 9.17) is 16.3 Å². The van der Waals surface area contributed by atoms with Crippen LogP contribution in [-0.4, -0.2) is 43.0 Å². The Morgan fingerprint density at radius 2 is 2.28 bits per heavy atom. The van der Waals surface area contributed by atoms with Gasteiger partial charge in [-0.2, -0.15) is 0 Å². The van der Waals surface area contributed by atoms with Gasteiger partial charge in [-0.25, -0.2) is 0 Å². The maximum Gasteiger partial charge on any atom is 0.178 e. The average Bonchev–Trinajstić information content (AvgIpc) is 2.39. The quantitative estimate of drug-likeness (QED) is 0.786. The van der Waals surface area contributed by atoms with Gasteiger partial charge in [-0.1, -0.05) is 30.7 Å². The molecule has 0 N–H and O–H groups in total. The van der Waals surface area contributed by atoms with E-state index in [9.17, 15) is 4.79 Å². The van der Waals surface area contributed by atoms with Gasteiger partial charge in [0.2, 0.25) is 0 Å². The fraction of sp³-hybridized carbons (Fsp3) is 0.500. The summed E-state index contributed by atoms with van der Waals surface area (Å²) in [6.45, 7) is 4.77. The van der Waals surface area contributed by atoms with Crippen LogP contribution in [0.1, 0.15) is 23.7 Å². The van der Waals surface area contributed by atoms with Gasteiger partial charge in [0.1, 0.15) is 0 Å². The number of rotatable bonds is 4. The zero-order chi connectivity index (χ0) is 13.0. The van der Waals surface area contributed by atoms with Crippen molar-refractivity contribution < 1.29 is 9.53 Å². The Hall–Kier alpha value is -0.900. The molecule has 0 aliphatic carbocycles. The van der Waals surface area contributed by atoms with Gasteiger partial charge in [0.25, 0.3) is 0 Å². The molecule has 1 aromatic carbocycles. The van der Waals surface area contributed by atoms with E-state index in [2.05, 4.69) is 11.8 Å². The molecule has 1 fully saturated rings. The summed E-state index contributed by atoms with van der Waals surface area (Å²) in [6, 6.07) is 7.56. The molecule has 1 atom stereocenters. The lowest BCUT2D eigenvalue weighted by atomic mass is 10.1. The Morgan fingerprint density at radius 1 is 1.50 bits per heavy atom. The molecular formula is C14H18ClNO2. The second kappa shape index (κ2) is 6.32. The van der Waals surface area contributed by atoms with Gasteiger partial charge in [0.05, 0.1) is 24.8 Å². The fourth-order valence-electron chi connectivity index (χ4n) is 2.23. The van der Waals surface area contributed by atoms with E-state index in [-0.39, 0.29) is 5.78 Å². The second-order valence-electron chi connectivity index (χ2n) is 4.51. The van der Waals surface area contributed by atoms with Crippen molar-refractivity contribution in [1.29, 1.82) is 0 Å². The number of halogens is 1. The van der Waals surface area contributed by atoms with Gasteiger partial charge in [0, 0.05) is 18.2 Å². The van der Waals surface area contributed by atoms with Crippen LogP contribution in [0.25, 0.3) is 0 Å². The predicted molar refractivity (Wildman–Crippen MR) is 72.3 cm³/mol. The second-order valence-corrected chi connectivity index (χ2v) is 4.92.